The Bertz CT molecular complexity index is 363. The summed E-state index contributed by atoms with van der Waals surface area (Å²) >= 11 is 0. The molecule has 0 unspecified atom stereocenters. The summed E-state index contributed by atoms with van der Waals surface area (Å²) in [5, 5.41) is 0. The summed E-state index contributed by atoms with van der Waals surface area (Å²) in [6.07, 6.45) is 4.10. The largest absolute Gasteiger partial charge is 0.458 e. The van der Waals surface area contributed by atoms with E-state index in [-0.39, 0.29) is 12.1 Å². The minimum absolute atomic E-state index is 0.166. The Labute approximate surface area is 96.9 Å². The highest BCUT2D eigenvalue weighted by Gasteiger charge is 2.02. The number of hydrogen-bond acceptors (Lipinski definition) is 2. The van der Waals surface area contributed by atoms with Crippen LogP contribution < -0.4 is 0 Å². The molecule has 0 heterocycles. The van der Waals surface area contributed by atoms with Crippen molar-refractivity contribution in [3.8, 4) is 0 Å². The lowest BCUT2D eigenvalue weighted by Crippen LogP contribution is -2.10. The van der Waals surface area contributed by atoms with Gasteiger partial charge in [-0.25, -0.2) is 0 Å². The fraction of sp³-hybridized carbons (Fsp3) is 0.357. The summed E-state index contributed by atoms with van der Waals surface area (Å²) in [5.74, 6) is -0.166. The Morgan fingerprint density at radius 3 is 2.56 bits per heavy atom. The molecule has 1 aromatic rings. The van der Waals surface area contributed by atoms with E-state index in [2.05, 4.69) is 19.1 Å². The molecule has 0 aliphatic carbocycles. The molecular weight excluding hydrogens is 200 g/mol. The molecule has 16 heavy (non-hydrogen) atoms. The quantitative estimate of drug-likeness (QED) is 0.724. The zero-order valence-corrected chi connectivity index (χ0v) is 10.1. The van der Waals surface area contributed by atoms with Gasteiger partial charge in [0, 0.05) is 6.42 Å². The van der Waals surface area contributed by atoms with Gasteiger partial charge in [-0.2, -0.15) is 0 Å². The number of carbonyl (C=O) groups is 1. The number of rotatable bonds is 4. The molecule has 0 aliphatic rings. The Morgan fingerprint density at radius 1 is 1.38 bits per heavy atom. The van der Waals surface area contributed by atoms with Crippen LogP contribution in [0.15, 0.2) is 30.3 Å². The molecule has 2 heteroatoms. The van der Waals surface area contributed by atoms with Gasteiger partial charge < -0.3 is 4.74 Å². The first-order valence-electron chi connectivity index (χ1n) is 5.56. The Hall–Kier alpha value is -1.57. The number of aryl methyl sites for hydroxylation is 1. The third-order valence-electron chi connectivity index (χ3n) is 2.24. The van der Waals surface area contributed by atoms with E-state index in [0.29, 0.717) is 6.42 Å². The molecule has 0 aromatic heterocycles. The molecule has 0 radical (unpaired) electrons. The molecule has 2 nitrogen and oxygen atoms in total. The standard InChI is InChI=1S/C14H18O2/c1-4-14(15)16-12(3)7-10-13-8-5-11(2)6-9-13/h5-10,12H,4H2,1-3H3/b10-7+/t12-/m0/s1. The second-order valence-electron chi connectivity index (χ2n) is 3.82. The van der Waals surface area contributed by atoms with Crippen LogP contribution in [0.2, 0.25) is 0 Å². The fourth-order valence-corrected chi connectivity index (χ4v) is 1.25. The second-order valence-corrected chi connectivity index (χ2v) is 3.82. The third kappa shape index (κ3) is 4.30. The highest BCUT2D eigenvalue weighted by Crippen LogP contribution is 2.06. The lowest BCUT2D eigenvalue weighted by Gasteiger charge is -2.07. The molecule has 0 fully saturated rings. The van der Waals surface area contributed by atoms with Crippen molar-refractivity contribution in [3.63, 3.8) is 0 Å². The van der Waals surface area contributed by atoms with E-state index in [4.69, 9.17) is 4.74 Å². The summed E-state index contributed by atoms with van der Waals surface area (Å²) in [5.41, 5.74) is 2.35. The average molecular weight is 218 g/mol. The van der Waals surface area contributed by atoms with E-state index in [1.54, 1.807) is 6.92 Å². The van der Waals surface area contributed by atoms with Gasteiger partial charge in [-0.05, 0) is 25.5 Å². The van der Waals surface area contributed by atoms with Crippen molar-refractivity contribution in [1.29, 1.82) is 0 Å². The number of benzene rings is 1. The van der Waals surface area contributed by atoms with Crippen LogP contribution in [0.1, 0.15) is 31.4 Å². The van der Waals surface area contributed by atoms with Crippen molar-refractivity contribution in [2.24, 2.45) is 0 Å². The number of ether oxygens (including phenoxy) is 1. The molecule has 86 valence electrons. The predicted molar refractivity (Wildman–Crippen MR) is 66.1 cm³/mol. The predicted octanol–water partition coefficient (Wildman–Crippen LogP) is 3.35. The number of hydrogen-bond donors (Lipinski definition) is 0. The van der Waals surface area contributed by atoms with E-state index in [9.17, 15) is 4.79 Å². The van der Waals surface area contributed by atoms with E-state index < -0.39 is 0 Å². The van der Waals surface area contributed by atoms with Crippen LogP contribution in [0.4, 0.5) is 0 Å². The smallest absolute Gasteiger partial charge is 0.306 e. The van der Waals surface area contributed by atoms with Gasteiger partial charge in [0.05, 0.1) is 0 Å². The Morgan fingerprint density at radius 2 is 2.00 bits per heavy atom. The minimum Gasteiger partial charge on any atom is -0.458 e. The van der Waals surface area contributed by atoms with E-state index in [1.807, 2.05) is 31.2 Å². The normalized spacial score (nSPS) is 12.7. The lowest BCUT2D eigenvalue weighted by molar-refractivity contribution is -0.145. The van der Waals surface area contributed by atoms with Crippen LogP contribution >= 0.6 is 0 Å². The van der Waals surface area contributed by atoms with Crippen molar-refractivity contribution in [3.05, 3.63) is 41.5 Å². The molecule has 0 amide bonds. The second kappa shape index (κ2) is 6.11. The van der Waals surface area contributed by atoms with Gasteiger partial charge in [0.25, 0.3) is 0 Å². The van der Waals surface area contributed by atoms with Gasteiger partial charge in [0.2, 0.25) is 0 Å². The van der Waals surface area contributed by atoms with Crippen LogP contribution in [-0.4, -0.2) is 12.1 Å². The number of carbonyl (C=O) groups excluding carboxylic acids is 1. The molecule has 1 atom stereocenters. The monoisotopic (exact) mass is 218 g/mol. The van der Waals surface area contributed by atoms with Gasteiger partial charge in [0.1, 0.15) is 6.10 Å². The molecule has 0 saturated heterocycles. The van der Waals surface area contributed by atoms with Crippen molar-refractivity contribution in [1.82, 2.24) is 0 Å². The molecule has 0 aliphatic heterocycles. The van der Waals surface area contributed by atoms with E-state index in [0.717, 1.165) is 5.56 Å². The highest BCUT2D eigenvalue weighted by atomic mass is 16.5. The number of esters is 1. The summed E-state index contributed by atoms with van der Waals surface area (Å²) < 4.78 is 5.12. The van der Waals surface area contributed by atoms with Gasteiger partial charge >= 0.3 is 5.97 Å². The van der Waals surface area contributed by atoms with Gasteiger partial charge in [0.15, 0.2) is 0 Å². The lowest BCUT2D eigenvalue weighted by atomic mass is 10.1. The minimum atomic E-state index is -0.172. The summed E-state index contributed by atoms with van der Waals surface area (Å²) in [6, 6.07) is 8.20. The Kier molecular flexibility index (Phi) is 4.77. The SMILES string of the molecule is CCC(=O)O[C@@H](C)/C=C/c1ccc(C)cc1. The highest BCUT2D eigenvalue weighted by molar-refractivity contribution is 5.69. The fourth-order valence-electron chi connectivity index (χ4n) is 1.25. The first-order valence-corrected chi connectivity index (χ1v) is 5.56. The van der Waals surface area contributed by atoms with Crippen LogP contribution in [0.3, 0.4) is 0 Å². The molecule has 0 N–H and O–H groups in total. The molecular formula is C14H18O2. The Balaban J connectivity index is 2.53. The molecule has 0 bridgehead atoms. The maximum atomic E-state index is 11.0. The van der Waals surface area contributed by atoms with Gasteiger partial charge in [-0.15, -0.1) is 0 Å². The van der Waals surface area contributed by atoms with Crippen LogP contribution in [-0.2, 0) is 9.53 Å². The first kappa shape index (κ1) is 12.5. The van der Waals surface area contributed by atoms with Crippen molar-refractivity contribution >= 4 is 12.0 Å². The van der Waals surface area contributed by atoms with Crippen LogP contribution in [0.5, 0.6) is 0 Å². The third-order valence-corrected chi connectivity index (χ3v) is 2.24. The zero-order valence-electron chi connectivity index (χ0n) is 10.1. The average Bonchev–Trinajstić information content (AvgIpc) is 2.28. The summed E-state index contributed by atoms with van der Waals surface area (Å²) in [6.45, 7) is 5.70. The first-order chi connectivity index (χ1) is 7.61. The maximum Gasteiger partial charge on any atom is 0.306 e. The topological polar surface area (TPSA) is 26.3 Å². The molecule has 1 aromatic carbocycles. The van der Waals surface area contributed by atoms with Crippen LogP contribution in [0.25, 0.3) is 6.08 Å². The summed E-state index contributed by atoms with van der Waals surface area (Å²) in [7, 11) is 0. The maximum absolute atomic E-state index is 11.0. The van der Waals surface area contributed by atoms with Crippen LogP contribution in [0, 0.1) is 6.92 Å². The summed E-state index contributed by atoms with van der Waals surface area (Å²) in [4.78, 5) is 11.0. The van der Waals surface area contributed by atoms with E-state index >= 15 is 0 Å². The van der Waals surface area contributed by atoms with Crippen molar-refractivity contribution in [2.45, 2.75) is 33.3 Å². The van der Waals surface area contributed by atoms with Crippen molar-refractivity contribution in [2.75, 3.05) is 0 Å². The van der Waals surface area contributed by atoms with Crippen molar-refractivity contribution < 1.29 is 9.53 Å². The van der Waals surface area contributed by atoms with Gasteiger partial charge in [-0.1, -0.05) is 42.8 Å². The van der Waals surface area contributed by atoms with Gasteiger partial charge in [-0.3, -0.25) is 4.79 Å². The molecule has 1 rings (SSSR count). The molecule has 0 saturated carbocycles. The molecule has 0 spiro atoms. The van der Waals surface area contributed by atoms with E-state index in [1.165, 1.54) is 5.56 Å². The zero-order chi connectivity index (χ0) is 12.0.